The summed E-state index contributed by atoms with van der Waals surface area (Å²) in [7, 11) is 4.64. The number of hydrogen-bond acceptors (Lipinski definition) is 7. The van der Waals surface area contributed by atoms with E-state index in [1.54, 1.807) is 33.5 Å². The van der Waals surface area contributed by atoms with Crippen LogP contribution in [0.1, 0.15) is 15.9 Å². The molecule has 1 fully saturated rings. The summed E-state index contributed by atoms with van der Waals surface area (Å²) >= 11 is 3.46. The van der Waals surface area contributed by atoms with Gasteiger partial charge in [0.25, 0.3) is 5.91 Å². The zero-order valence-electron chi connectivity index (χ0n) is 19.1. The van der Waals surface area contributed by atoms with Crippen LogP contribution in [0, 0.1) is 0 Å². The second kappa shape index (κ2) is 12.8. The number of methoxy groups -OCH3 is 3. The average molecular weight is 539 g/mol. The van der Waals surface area contributed by atoms with Crippen LogP contribution in [0.2, 0.25) is 0 Å². The number of carboxylic acid groups (broad SMARTS) is 2. The zero-order chi connectivity index (χ0) is 25.3. The zero-order valence-corrected chi connectivity index (χ0v) is 20.7. The molecule has 0 bridgehead atoms. The summed E-state index contributed by atoms with van der Waals surface area (Å²) in [5.74, 6) is -2.22. The maximum Gasteiger partial charge on any atom is 0.414 e. The van der Waals surface area contributed by atoms with Crippen LogP contribution in [-0.4, -0.2) is 85.4 Å². The molecule has 10 nitrogen and oxygen atoms in total. The molecule has 184 valence electrons. The number of benzene rings is 2. The summed E-state index contributed by atoms with van der Waals surface area (Å²) in [6.07, 6.45) is 0. The molecule has 0 unspecified atom stereocenters. The van der Waals surface area contributed by atoms with E-state index in [1.807, 2.05) is 4.90 Å². The van der Waals surface area contributed by atoms with E-state index >= 15 is 0 Å². The van der Waals surface area contributed by atoms with Crippen molar-refractivity contribution in [3.05, 3.63) is 52.0 Å². The van der Waals surface area contributed by atoms with Gasteiger partial charge in [-0.1, -0.05) is 28.1 Å². The van der Waals surface area contributed by atoms with Crippen molar-refractivity contribution in [1.82, 2.24) is 9.80 Å². The first-order chi connectivity index (χ1) is 16.2. The molecule has 0 aromatic heterocycles. The molecule has 1 aliphatic rings. The topological polar surface area (TPSA) is 126 Å². The first-order valence-corrected chi connectivity index (χ1v) is 11.0. The van der Waals surface area contributed by atoms with Gasteiger partial charge in [-0.05, 0) is 29.8 Å². The van der Waals surface area contributed by atoms with Gasteiger partial charge in [0.05, 0.1) is 21.3 Å². The van der Waals surface area contributed by atoms with Crippen LogP contribution in [0.5, 0.6) is 17.2 Å². The van der Waals surface area contributed by atoms with Gasteiger partial charge in [-0.15, -0.1) is 0 Å². The van der Waals surface area contributed by atoms with Crippen molar-refractivity contribution in [2.24, 2.45) is 0 Å². The molecule has 1 amide bonds. The Hall–Kier alpha value is -3.31. The third-order valence-electron chi connectivity index (χ3n) is 5.07. The number of carboxylic acids is 2. The normalized spacial score (nSPS) is 13.4. The van der Waals surface area contributed by atoms with Gasteiger partial charge < -0.3 is 29.3 Å². The molecule has 0 saturated carbocycles. The van der Waals surface area contributed by atoms with Gasteiger partial charge in [-0.2, -0.15) is 0 Å². The Morgan fingerprint density at radius 1 is 0.853 bits per heavy atom. The van der Waals surface area contributed by atoms with E-state index in [0.29, 0.717) is 35.9 Å². The first kappa shape index (κ1) is 26.9. The summed E-state index contributed by atoms with van der Waals surface area (Å²) in [5.41, 5.74) is 1.81. The molecule has 2 aromatic rings. The highest BCUT2D eigenvalue weighted by molar-refractivity contribution is 9.10. The van der Waals surface area contributed by atoms with E-state index in [4.69, 9.17) is 34.0 Å². The van der Waals surface area contributed by atoms with E-state index in [9.17, 15) is 4.79 Å². The lowest BCUT2D eigenvalue weighted by Crippen LogP contribution is -2.48. The van der Waals surface area contributed by atoms with Gasteiger partial charge in [0.15, 0.2) is 11.5 Å². The molecule has 11 heteroatoms. The minimum Gasteiger partial charge on any atom is -0.493 e. The second-order valence-electron chi connectivity index (χ2n) is 7.22. The average Bonchev–Trinajstić information content (AvgIpc) is 2.84. The maximum atomic E-state index is 13.0. The van der Waals surface area contributed by atoms with Crippen LogP contribution in [-0.2, 0) is 16.1 Å². The van der Waals surface area contributed by atoms with Crippen molar-refractivity contribution in [3.63, 3.8) is 0 Å². The third kappa shape index (κ3) is 7.35. The predicted molar refractivity (Wildman–Crippen MR) is 127 cm³/mol. The van der Waals surface area contributed by atoms with Gasteiger partial charge in [-0.3, -0.25) is 9.69 Å². The fourth-order valence-corrected chi connectivity index (χ4v) is 3.61. The van der Waals surface area contributed by atoms with Gasteiger partial charge >= 0.3 is 11.9 Å². The summed E-state index contributed by atoms with van der Waals surface area (Å²) in [5, 5.41) is 14.8. The third-order valence-corrected chi connectivity index (χ3v) is 5.60. The summed E-state index contributed by atoms with van der Waals surface area (Å²) in [6, 6.07) is 11.8. The lowest BCUT2D eigenvalue weighted by atomic mass is 10.1. The summed E-state index contributed by atoms with van der Waals surface area (Å²) in [6.45, 7) is 3.94. The van der Waals surface area contributed by atoms with E-state index in [0.717, 1.165) is 24.1 Å². The van der Waals surface area contributed by atoms with E-state index in [2.05, 4.69) is 45.1 Å². The number of rotatable bonds is 6. The Balaban J connectivity index is 0.000000604. The molecule has 1 saturated heterocycles. The highest BCUT2D eigenvalue weighted by atomic mass is 79.9. The minimum absolute atomic E-state index is 0.0254. The standard InChI is InChI=1S/C21H25BrN2O4.C2H2O4/c1-26-18-12-16(13-19(27-2)20(18)28-3)21(25)24-10-8-23(9-11-24)14-15-4-6-17(22)7-5-15;3-1(4)2(5)6/h4-7,12-13H,8-11,14H2,1-3H3;(H,3,4)(H,5,6). The Bertz CT molecular complexity index is 968. The molecule has 0 atom stereocenters. The van der Waals surface area contributed by atoms with Gasteiger partial charge in [-0.25, -0.2) is 9.59 Å². The number of amides is 1. The lowest BCUT2D eigenvalue weighted by Gasteiger charge is -2.35. The Labute approximate surface area is 205 Å². The first-order valence-electron chi connectivity index (χ1n) is 10.2. The van der Waals surface area contributed by atoms with Crippen molar-refractivity contribution in [2.75, 3.05) is 47.5 Å². The minimum atomic E-state index is -1.82. The molecule has 34 heavy (non-hydrogen) atoms. The number of carbonyl (C=O) groups excluding carboxylic acids is 1. The molecular weight excluding hydrogens is 512 g/mol. The van der Waals surface area contributed by atoms with Crippen molar-refractivity contribution in [1.29, 1.82) is 0 Å². The van der Waals surface area contributed by atoms with E-state index in [-0.39, 0.29) is 5.91 Å². The number of ether oxygens (including phenoxy) is 3. The van der Waals surface area contributed by atoms with Crippen molar-refractivity contribution < 1.29 is 38.8 Å². The molecule has 0 radical (unpaired) electrons. The fraction of sp³-hybridized carbons (Fsp3) is 0.348. The van der Waals surface area contributed by atoms with E-state index in [1.165, 1.54) is 5.56 Å². The second-order valence-corrected chi connectivity index (χ2v) is 8.13. The number of halogens is 1. The van der Waals surface area contributed by atoms with Crippen LogP contribution in [0.4, 0.5) is 0 Å². The quantitative estimate of drug-likeness (QED) is 0.533. The molecule has 0 aliphatic carbocycles. The highest BCUT2D eigenvalue weighted by Gasteiger charge is 2.24. The maximum absolute atomic E-state index is 13.0. The molecule has 3 rings (SSSR count). The van der Waals surface area contributed by atoms with Crippen LogP contribution >= 0.6 is 15.9 Å². The van der Waals surface area contributed by atoms with Crippen molar-refractivity contribution in [3.8, 4) is 17.2 Å². The molecular formula is C23H27BrN2O8. The largest absolute Gasteiger partial charge is 0.493 e. The number of aliphatic carboxylic acids is 2. The Morgan fingerprint density at radius 2 is 1.35 bits per heavy atom. The summed E-state index contributed by atoms with van der Waals surface area (Å²) < 4.78 is 17.1. The molecule has 2 N–H and O–H groups in total. The SMILES string of the molecule is COc1cc(C(=O)N2CCN(Cc3ccc(Br)cc3)CC2)cc(OC)c1OC.O=C(O)C(=O)O. The van der Waals surface area contributed by atoms with Crippen LogP contribution < -0.4 is 14.2 Å². The van der Waals surface area contributed by atoms with Gasteiger partial charge in [0.1, 0.15) is 0 Å². The van der Waals surface area contributed by atoms with Crippen LogP contribution in [0.15, 0.2) is 40.9 Å². The molecule has 1 aliphatic heterocycles. The summed E-state index contributed by atoms with van der Waals surface area (Å²) in [4.78, 5) is 35.4. The fourth-order valence-electron chi connectivity index (χ4n) is 3.34. The lowest BCUT2D eigenvalue weighted by molar-refractivity contribution is -0.159. The molecule has 1 heterocycles. The number of nitrogens with zero attached hydrogens (tertiary/aromatic N) is 2. The Morgan fingerprint density at radius 3 is 1.76 bits per heavy atom. The smallest absolute Gasteiger partial charge is 0.414 e. The monoisotopic (exact) mass is 538 g/mol. The highest BCUT2D eigenvalue weighted by Crippen LogP contribution is 2.38. The van der Waals surface area contributed by atoms with Crippen molar-refractivity contribution in [2.45, 2.75) is 6.54 Å². The van der Waals surface area contributed by atoms with Gasteiger partial charge in [0, 0.05) is 42.8 Å². The predicted octanol–water partition coefficient (Wildman–Crippen LogP) is 2.59. The van der Waals surface area contributed by atoms with Crippen LogP contribution in [0.25, 0.3) is 0 Å². The van der Waals surface area contributed by atoms with Crippen LogP contribution in [0.3, 0.4) is 0 Å². The van der Waals surface area contributed by atoms with Gasteiger partial charge in [0.2, 0.25) is 5.75 Å². The number of carbonyl (C=O) groups is 3. The Kier molecular flexibility index (Phi) is 10.1. The number of piperazine rings is 1. The number of hydrogen-bond donors (Lipinski definition) is 2. The van der Waals surface area contributed by atoms with Crippen molar-refractivity contribution >= 4 is 33.8 Å². The van der Waals surface area contributed by atoms with E-state index < -0.39 is 11.9 Å². The molecule has 2 aromatic carbocycles. The molecule has 0 spiro atoms.